The van der Waals surface area contributed by atoms with Crippen LogP contribution in [0.5, 0.6) is 0 Å². The van der Waals surface area contributed by atoms with Gasteiger partial charge in [0.15, 0.2) is 0 Å². The van der Waals surface area contributed by atoms with Crippen molar-refractivity contribution in [2.24, 2.45) is 0 Å². The van der Waals surface area contributed by atoms with Crippen LogP contribution >= 0.6 is 0 Å². The molecule has 0 bridgehead atoms. The fourth-order valence-electron chi connectivity index (χ4n) is 1.69. The number of rotatable bonds is 5. The van der Waals surface area contributed by atoms with Gasteiger partial charge in [0.1, 0.15) is 0 Å². The lowest BCUT2D eigenvalue weighted by Crippen LogP contribution is -2.16. The van der Waals surface area contributed by atoms with Gasteiger partial charge >= 0.3 is 0 Å². The highest BCUT2D eigenvalue weighted by Crippen LogP contribution is 2.25. The summed E-state index contributed by atoms with van der Waals surface area (Å²) in [7, 11) is 0. The topological polar surface area (TPSA) is 50.7 Å². The van der Waals surface area contributed by atoms with E-state index in [9.17, 15) is 4.39 Å². The molecule has 0 atom stereocenters. The maximum Gasteiger partial charge on any atom is 0.222 e. The summed E-state index contributed by atoms with van der Waals surface area (Å²) < 4.78 is 12.9. The minimum Gasteiger partial charge on any atom is -0.349 e. The monoisotopic (exact) mass is 274 g/mol. The molecule has 0 aliphatic rings. The van der Waals surface area contributed by atoms with Gasteiger partial charge in [-0.1, -0.05) is 26.8 Å². The normalized spacial score (nSPS) is 11.4. The highest BCUT2D eigenvalue weighted by Gasteiger charge is 2.18. The Morgan fingerprint density at radius 3 is 2.50 bits per heavy atom. The standard InChI is InChI=1S/C15H19FN4/c1-4-15(2,3)11-8-17-14(18-9-11)19-10-12-6-5-7-13(16)20-12/h5-9H,4,10H2,1-3H3,(H,17,18,19). The fraction of sp³-hybridized carbons (Fsp3) is 0.400. The van der Waals surface area contributed by atoms with Crippen molar-refractivity contribution < 1.29 is 4.39 Å². The maximum absolute atomic E-state index is 12.9. The van der Waals surface area contributed by atoms with Crippen molar-refractivity contribution in [3.05, 3.63) is 47.8 Å². The largest absolute Gasteiger partial charge is 0.349 e. The molecule has 0 fully saturated rings. The van der Waals surface area contributed by atoms with Gasteiger partial charge in [-0.3, -0.25) is 0 Å². The summed E-state index contributed by atoms with van der Waals surface area (Å²) in [5.74, 6) is 0.0389. The van der Waals surface area contributed by atoms with E-state index in [1.165, 1.54) is 6.07 Å². The number of anilines is 1. The second-order valence-corrected chi connectivity index (χ2v) is 5.34. The number of nitrogens with one attached hydrogen (secondary N) is 1. The van der Waals surface area contributed by atoms with Crippen molar-refractivity contribution in [2.75, 3.05) is 5.32 Å². The molecule has 2 heterocycles. The van der Waals surface area contributed by atoms with Gasteiger partial charge in [-0.05, 0) is 29.5 Å². The van der Waals surface area contributed by atoms with E-state index in [1.54, 1.807) is 12.1 Å². The highest BCUT2D eigenvalue weighted by molar-refractivity contribution is 5.28. The molecule has 20 heavy (non-hydrogen) atoms. The quantitative estimate of drug-likeness (QED) is 0.850. The van der Waals surface area contributed by atoms with Crippen LogP contribution in [0.4, 0.5) is 10.3 Å². The van der Waals surface area contributed by atoms with Crippen LogP contribution in [0.2, 0.25) is 0 Å². The molecule has 4 nitrogen and oxygen atoms in total. The lowest BCUT2D eigenvalue weighted by molar-refractivity contribution is 0.502. The first-order valence-electron chi connectivity index (χ1n) is 6.69. The van der Waals surface area contributed by atoms with E-state index in [1.807, 2.05) is 12.4 Å². The third-order valence-electron chi connectivity index (χ3n) is 3.52. The molecule has 0 aliphatic carbocycles. The van der Waals surface area contributed by atoms with Crippen molar-refractivity contribution in [3.63, 3.8) is 0 Å². The third-order valence-corrected chi connectivity index (χ3v) is 3.52. The molecule has 2 rings (SSSR count). The zero-order valence-corrected chi connectivity index (χ0v) is 12.0. The zero-order chi connectivity index (χ0) is 14.6. The van der Waals surface area contributed by atoms with Crippen molar-refractivity contribution in [1.82, 2.24) is 15.0 Å². The molecule has 2 aromatic rings. The Balaban J connectivity index is 2.01. The number of halogens is 1. The van der Waals surface area contributed by atoms with E-state index < -0.39 is 5.95 Å². The van der Waals surface area contributed by atoms with Crippen molar-refractivity contribution >= 4 is 5.95 Å². The van der Waals surface area contributed by atoms with Crippen LogP contribution in [-0.4, -0.2) is 15.0 Å². The zero-order valence-electron chi connectivity index (χ0n) is 12.0. The van der Waals surface area contributed by atoms with E-state index in [0.29, 0.717) is 18.2 Å². The van der Waals surface area contributed by atoms with Crippen LogP contribution in [0, 0.1) is 5.95 Å². The first kappa shape index (κ1) is 14.4. The van der Waals surface area contributed by atoms with Gasteiger partial charge in [-0.25, -0.2) is 15.0 Å². The number of aromatic nitrogens is 3. The minimum absolute atomic E-state index is 0.0721. The number of hydrogen-bond acceptors (Lipinski definition) is 4. The summed E-state index contributed by atoms with van der Waals surface area (Å²) in [6.45, 7) is 6.86. The Morgan fingerprint density at radius 1 is 1.20 bits per heavy atom. The van der Waals surface area contributed by atoms with Gasteiger partial charge < -0.3 is 5.32 Å². The summed E-state index contributed by atoms with van der Waals surface area (Å²) in [6.07, 6.45) is 4.69. The van der Waals surface area contributed by atoms with Gasteiger partial charge in [-0.15, -0.1) is 0 Å². The molecule has 5 heteroatoms. The van der Waals surface area contributed by atoms with E-state index in [-0.39, 0.29) is 5.41 Å². The van der Waals surface area contributed by atoms with Crippen LogP contribution < -0.4 is 5.32 Å². The maximum atomic E-state index is 12.9. The number of nitrogens with zero attached hydrogens (tertiary/aromatic N) is 3. The first-order valence-corrected chi connectivity index (χ1v) is 6.69. The number of hydrogen-bond donors (Lipinski definition) is 1. The van der Waals surface area contributed by atoms with Crippen molar-refractivity contribution in [2.45, 2.75) is 39.2 Å². The molecular formula is C15H19FN4. The smallest absolute Gasteiger partial charge is 0.222 e. The SMILES string of the molecule is CCC(C)(C)c1cnc(NCc2cccc(F)n2)nc1. The lowest BCUT2D eigenvalue weighted by Gasteiger charge is -2.22. The minimum atomic E-state index is -0.481. The van der Waals surface area contributed by atoms with Gasteiger partial charge in [-0.2, -0.15) is 4.39 Å². The predicted molar refractivity (Wildman–Crippen MR) is 76.9 cm³/mol. The molecule has 0 unspecified atom stereocenters. The summed E-state index contributed by atoms with van der Waals surface area (Å²) >= 11 is 0. The van der Waals surface area contributed by atoms with Crippen LogP contribution in [0.25, 0.3) is 0 Å². The van der Waals surface area contributed by atoms with E-state index in [2.05, 4.69) is 41.0 Å². The third kappa shape index (κ3) is 3.50. The average Bonchev–Trinajstić information content (AvgIpc) is 2.46. The van der Waals surface area contributed by atoms with E-state index >= 15 is 0 Å². The molecule has 0 saturated carbocycles. The average molecular weight is 274 g/mol. The van der Waals surface area contributed by atoms with Crippen LogP contribution in [0.3, 0.4) is 0 Å². The first-order chi connectivity index (χ1) is 9.51. The molecule has 0 aliphatic heterocycles. The molecule has 0 spiro atoms. The Morgan fingerprint density at radius 2 is 1.90 bits per heavy atom. The fourth-order valence-corrected chi connectivity index (χ4v) is 1.69. The molecule has 106 valence electrons. The summed E-state index contributed by atoms with van der Waals surface area (Å²) in [4.78, 5) is 12.3. The van der Waals surface area contributed by atoms with Gasteiger partial charge in [0.25, 0.3) is 0 Å². The summed E-state index contributed by atoms with van der Waals surface area (Å²) in [5, 5.41) is 3.03. The highest BCUT2D eigenvalue weighted by atomic mass is 19.1. The van der Waals surface area contributed by atoms with Crippen LogP contribution in [0.15, 0.2) is 30.6 Å². The van der Waals surface area contributed by atoms with Gasteiger partial charge in [0.2, 0.25) is 11.9 Å². The second-order valence-electron chi connectivity index (χ2n) is 5.34. The molecular weight excluding hydrogens is 255 g/mol. The van der Waals surface area contributed by atoms with Crippen molar-refractivity contribution in [1.29, 1.82) is 0 Å². The molecule has 0 radical (unpaired) electrons. The predicted octanol–water partition coefficient (Wildman–Crippen LogP) is 3.31. The van der Waals surface area contributed by atoms with Gasteiger partial charge in [0, 0.05) is 12.4 Å². The Labute approximate surface area is 118 Å². The lowest BCUT2D eigenvalue weighted by atomic mass is 9.84. The number of pyridine rings is 1. The van der Waals surface area contributed by atoms with E-state index in [4.69, 9.17) is 0 Å². The molecule has 2 aromatic heterocycles. The molecule has 0 amide bonds. The molecule has 0 saturated heterocycles. The Hall–Kier alpha value is -2.04. The summed E-state index contributed by atoms with van der Waals surface area (Å²) in [6, 6.07) is 4.71. The van der Waals surface area contributed by atoms with Crippen LogP contribution in [-0.2, 0) is 12.0 Å². The summed E-state index contributed by atoms with van der Waals surface area (Å²) in [5.41, 5.74) is 1.80. The van der Waals surface area contributed by atoms with Gasteiger partial charge in [0.05, 0.1) is 12.2 Å². The van der Waals surface area contributed by atoms with Crippen molar-refractivity contribution in [3.8, 4) is 0 Å². The second kappa shape index (κ2) is 5.94. The molecule has 0 aromatic carbocycles. The van der Waals surface area contributed by atoms with E-state index in [0.717, 1.165) is 12.0 Å². The molecule has 1 N–H and O–H groups in total. The Bertz CT molecular complexity index is 566. The van der Waals surface area contributed by atoms with Crippen LogP contribution in [0.1, 0.15) is 38.4 Å². The Kier molecular flexibility index (Phi) is 4.27.